The molecule has 2 N–H and O–H groups in total. The molecule has 0 radical (unpaired) electrons. The number of anilines is 1. The Kier molecular flexibility index (Phi) is 8.54. The van der Waals surface area contributed by atoms with Crippen molar-refractivity contribution in [3.05, 3.63) is 39.3 Å². The summed E-state index contributed by atoms with van der Waals surface area (Å²) >= 11 is 6.89. The molecule has 9 nitrogen and oxygen atoms in total. The average molecular weight is 479 g/mol. The topological polar surface area (TPSA) is 108 Å². The third-order valence-corrected chi connectivity index (χ3v) is 6.29. The lowest BCUT2D eigenvalue weighted by Crippen LogP contribution is -2.40. The van der Waals surface area contributed by atoms with E-state index >= 15 is 0 Å². The number of rotatable bonds is 8. The molecule has 1 aliphatic rings. The fourth-order valence-corrected chi connectivity index (χ4v) is 4.28. The first-order chi connectivity index (χ1) is 15.3. The molecular weight excluding hydrogens is 452 g/mol. The first-order valence-electron chi connectivity index (χ1n) is 10.4. The Balaban J connectivity index is 1.47. The molecule has 0 spiro atoms. The number of hydrogen-bond donors (Lipinski definition) is 2. The van der Waals surface area contributed by atoms with E-state index in [0.29, 0.717) is 36.8 Å². The normalized spacial score (nSPS) is 14.4. The molecule has 0 atom stereocenters. The molecule has 1 aliphatic heterocycles. The Labute approximate surface area is 196 Å². The lowest BCUT2D eigenvalue weighted by atomic mass is 9.93. The highest BCUT2D eigenvalue weighted by molar-refractivity contribution is 7.15. The van der Waals surface area contributed by atoms with Gasteiger partial charge in [0.2, 0.25) is 15.9 Å². The molecule has 32 heavy (non-hydrogen) atoms. The predicted molar refractivity (Wildman–Crippen MR) is 124 cm³/mol. The van der Waals surface area contributed by atoms with Crippen LogP contribution in [0.2, 0.25) is 5.02 Å². The highest BCUT2D eigenvalue weighted by atomic mass is 35.5. The Morgan fingerprint density at radius 2 is 1.91 bits per heavy atom. The van der Waals surface area contributed by atoms with Crippen molar-refractivity contribution in [3.63, 3.8) is 0 Å². The molecule has 172 valence electrons. The molecule has 1 saturated heterocycles. The number of nitrogens with one attached hydrogen (secondary N) is 2. The van der Waals surface area contributed by atoms with Gasteiger partial charge < -0.3 is 20.4 Å². The predicted octanol–water partition coefficient (Wildman–Crippen LogP) is 2.36. The van der Waals surface area contributed by atoms with Crippen LogP contribution in [0.5, 0.6) is 0 Å². The lowest BCUT2D eigenvalue weighted by molar-refractivity contribution is -0.122. The largest absolute Gasteiger partial charge is 0.355 e. The number of nitrogens with zero attached hydrogens (tertiary/aromatic N) is 4. The minimum absolute atomic E-state index is 0.0520. The van der Waals surface area contributed by atoms with E-state index in [1.165, 1.54) is 0 Å². The highest BCUT2D eigenvalue weighted by Crippen LogP contribution is 2.23. The Hall–Kier alpha value is -2.56. The third kappa shape index (κ3) is 6.98. The minimum atomic E-state index is -0.442. The van der Waals surface area contributed by atoms with Crippen molar-refractivity contribution >= 4 is 46.3 Å². The van der Waals surface area contributed by atoms with Crippen molar-refractivity contribution in [2.45, 2.75) is 19.3 Å². The van der Waals surface area contributed by atoms with Crippen LogP contribution < -0.4 is 10.6 Å². The van der Waals surface area contributed by atoms with Crippen LogP contribution in [0.15, 0.2) is 24.3 Å². The van der Waals surface area contributed by atoms with Crippen LogP contribution >= 0.6 is 22.9 Å². The van der Waals surface area contributed by atoms with E-state index in [-0.39, 0.29) is 27.7 Å². The van der Waals surface area contributed by atoms with Crippen molar-refractivity contribution in [1.82, 2.24) is 25.3 Å². The summed E-state index contributed by atoms with van der Waals surface area (Å²) in [5, 5.41) is 14.2. The fourth-order valence-electron chi connectivity index (χ4n) is 3.38. The Bertz CT molecular complexity index is 959. The molecule has 0 bridgehead atoms. The summed E-state index contributed by atoms with van der Waals surface area (Å²) in [5.41, 5.74) is 0.540. The summed E-state index contributed by atoms with van der Waals surface area (Å²) in [4.78, 5) is 41.0. The Morgan fingerprint density at radius 1 is 1.19 bits per heavy atom. The van der Waals surface area contributed by atoms with Crippen LogP contribution in [0, 0.1) is 5.92 Å². The molecule has 1 aromatic heterocycles. The SMILES string of the molecule is CN(C)CCNC(=O)CC1CCN(C(=O)c2nnc(C(=O)Nc3cccc(Cl)c3)s2)CC1. The van der Waals surface area contributed by atoms with E-state index in [0.717, 1.165) is 30.7 Å². The van der Waals surface area contributed by atoms with Crippen LogP contribution in [-0.4, -0.2) is 78.0 Å². The quantitative estimate of drug-likeness (QED) is 0.603. The molecule has 1 aromatic carbocycles. The van der Waals surface area contributed by atoms with Crippen molar-refractivity contribution in [2.24, 2.45) is 5.92 Å². The van der Waals surface area contributed by atoms with Gasteiger partial charge in [0.15, 0.2) is 0 Å². The Morgan fingerprint density at radius 3 is 2.59 bits per heavy atom. The van der Waals surface area contributed by atoms with E-state index in [2.05, 4.69) is 20.8 Å². The zero-order valence-electron chi connectivity index (χ0n) is 18.1. The zero-order chi connectivity index (χ0) is 23.1. The van der Waals surface area contributed by atoms with Crippen LogP contribution in [0.25, 0.3) is 0 Å². The standard InChI is InChI=1S/C21H27ClN6O3S/c1-27(2)11-8-23-17(29)12-14-6-9-28(10-7-14)21(31)20-26-25-19(32-20)18(30)24-16-5-3-4-15(22)13-16/h3-5,13-14H,6-12H2,1-2H3,(H,23,29)(H,24,30). The van der Waals surface area contributed by atoms with Crippen molar-refractivity contribution < 1.29 is 14.4 Å². The van der Waals surface area contributed by atoms with Crippen LogP contribution in [0.4, 0.5) is 5.69 Å². The van der Waals surface area contributed by atoms with Gasteiger partial charge in [-0.3, -0.25) is 14.4 Å². The number of amides is 3. The highest BCUT2D eigenvalue weighted by Gasteiger charge is 2.27. The lowest BCUT2D eigenvalue weighted by Gasteiger charge is -2.31. The number of piperidine rings is 1. The first-order valence-corrected chi connectivity index (χ1v) is 11.6. The molecule has 2 heterocycles. The number of hydrogen-bond acceptors (Lipinski definition) is 7. The zero-order valence-corrected chi connectivity index (χ0v) is 19.7. The van der Waals surface area contributed by atoms with Gasteiger partial charge in [0.1, 0.15) is 0 Å². The molecule has 0 saturated carbocycles. The summed E-state index contributed by atoms with van der Waals surface area (Å²) in [5.74, 6) is -0.371. The van der Waals surface area contributed by atoms with Gasteiger partial charge in [-0.25, -0.2) is 0 Å². The van der Waals surface area contributed by atoms with Crippen LogP contribution in [-0.2, 0) is 4.79 Å². The monoisotopic (exact) mass is 478 g/mol. The van der Waals surface area contributed by atoms with E-state index in [1.807, 2.05) is 19.0 Å². The maximum Gasteiger partial charge on any atom is 0.286 e. The second kappa shape index (κ2) is 11.3. The number of aromatic nitrogens is 2. The van der Waals surface area contributed by atoms with E-state index in [9.17, 15) is 14.4 Å². The number of benzene rings is 1. The summed E-state index contributed by atoms with van der Waals surface area (Å²) < 4.78 is 0. The number of halogens is 1. The van der Waals surface area contributed by atoms with Gasteiger partial charge in [0.25, 0.3) is 11.8 Å². The summed E-state index contributed by atoms with van der Waals surface area (Å²) in [6.07, 6.45) is 1.99. The number of likely N-dealkylation sites (tertiary alicyclic amines) is 1. The van der Waals surface area contributed by atoms with Crippen molar-refractivity contribution in [2.75, 3.05) is 45.6 Å². The van der Waals surface area contributed by atoms with Gasteiger partial charge in [-0.15, -0.1) is 10.2 Å². The summed E-state index contributed by atoms with van der Waals surface area (Å²) in [6.45, 7) is 2.54. The molecule has 0 aliphatic carbocycles. The minimum Gasteiger partial charge on any atom is -0.355 e. The van der Waals surface area contributed by atoms with Gasteiger partial charge in [0, 0.05) is 43.3 Å². The number of likely N-dealkylation sites (N-methyl/N-ethyl adjacent to an activating group) is 1. The maximum absolute atomic E-state index is 12.8. The second-order valence-corrected chi connectivity index (χ2v) is 9.38. The molecule has 3 rings (SSSR count). The van der Waals surface area contributed by atoms with Gasteiger partial charge in [0.05, 0.1) is 0 Å². The van der Waals surface area contributed by atoms with Gasteiger partial charge in [-0.05, 0) is 51.1 Å². The molecule has 11 heteroatoms. The summed E-state index contributed by atoms with van der Waals surface area (Å²) in [6, 6.07) is 6.77. The van der Waals surface area contributed by atoms with E-state index in [1.54, 1.807) is 29.2 Å². The summed E-state index contributed by atoms with van der Waals surface area (Å²) in [7, 11) is 3.93. The molecule has 3 amide bonds. The van der Waals surface area contributed by atoms with Gasteiger partial charge in [-0.2, -0.15) is 0 Å². The number of carbonyl (C=O) groups excluding carboxylic acids is 3. The number of carbonyl (C=O) groups is 3. The maximum atomic E-state index is 12.8. The average Bonchev–Trinajstić information content (AvgIpc) is 3.24. The molecule has 1 fully saturated rings. The fraction of sp³-hybridized carbons (Fsp3) is 0.476. The van der Waals surface area contributed by atoms with Gasteiger partial charge in [-0.1, -0.05) is 29.0 Å². The first kappa shape index (κ1) is 24.1. The van der Waals surface area contributed by atoms with E-state index in [4.69, 9.17) is 11.6 Å². The molecule has 0 unspecified atom stereocenters. The molecular formula is C21H27ClN6O3S. The van der Waals surface area contributed by atoms with Crippen molar-refractivity contribution in [1.29, 1.82) is 0 Å². The van der Waals surface area contributed by atoms with Crippen LogP contribution in [0.1, 0.15) is 38.9 Å². The second-order valence-electron chi connectivity index (χ2n) is 7.97. The third-order valence-electron chi connectivity index (χ3n) is 5.14. The smallest absolute Gasteiger partial charge is 0.286 e. The van der Waals surface area contributed by atoms with Gasteiger partial charge >= 0.3 is 0 Å². The van der Waals surface area contributed by atoms with Crippen molar-refractivity contribution in [3.8, 4) is 0 Å². The molecule has 2 aromatic rings. The van der Waals surface area contributed by atoms with Crippen LogP contribution in [0.3, 0.4) is 0 Å². The van der Waals surface area contributed by atoms with E-state index < -0.39 is 5.91 Å².